The van der Waals surface area contributed by atoms with E-state index in [1.54, 1.807) is 48.5 Å². The normalized spacial score (nSPS) is 11.2. The summed E-state index contributed by atoms with van der Waals surface area (Å²) in [5.74, 6) is 0.582. The van der Waals surface area contributed by atoms with Gasteiger partial charge in [-0.25, -0.2) is 4.79 Å². The van der Waals surface area contributed by atoms with Crippen molar-refractivity contribution < 1.29 is 23.0 Å². The molecule has 1 N–H and O–H groups in total. The van der Waals surface area contributed by atoms with E-state index in [4.69, 9.17) is 4.74 Å². The van der Waals surface area contributed by atoms with Gasteiger partial charge in [0, 0.05) is 11.1 Å². The number of benzene rings is 3. The van der Waals surface area contributed by atoms with Gasteiger partial charge in [-0.1, -0.05) is 56.3 Å². The maximum absolute atomic E-state index is 12.3. The molecule has 0 aliphatic rings. The molecule has 0 atom stereocenters. The van der Waals surface area contributed by atoms with Crippen molar-refractivity contribution in [1.29, 1.82) is 0 Å². The Morgan fingerprint density at radius 3 is 1.93 bits per heavy atom. The van der Waals surface area contributed by atoms with E-state index >= 15 is 0 Å². The molecule has 0 aromatic heterocycles. The molecule has 3 aromatic rings. The largest absolute Gasteiger partial charge is 0.435 e. The molecular weight excluding hydrogens is 376 g/mol. The average molecular weight is 397 g/mol. The maximum atomic E-state index is 12.3. The highest BCUT2D eigenvalue weighted by molar-refractivity contribution is 5.86. The first kappa shape index (κ1) is 20.3. The van der Waals surface area contributed by atoms with Crippen LogP contribution >= 0.6 is 0 Å². The molecule has 29 heavy (non-hydrogen) atoms. The number of ether oxygens (including phenoxy) is 2. The Kier molecular flexibility index (Phi) is 6.12. The molecule has 0 spiro atoms. The summed E-state index contributed by atoms with van der Waals surface area (Å²) in [6.07, 6.45) is -0.571. The summed E-state index contributed by atoms with van der Waals surface area (Å²) < 4.78 is 34.2. The summed E-state index contributed by atoms with van der Waals surface area (Å²) in [5.41, 5.74) is 2.18. The Morgan fingerprint density at radius 1 is 0.828 bits per heavy atom. The van der Waals surface area contributed by atoms with Gasteiger partial charge in [-0.2, -0.15) is 8.78 Å². The second kappa shape index (κ2) is 8.73. The lowest BCUT2D eigenvalue weighted by Crippen LogP contribution is -2.19. The van der Waals surface area contributed by atoms with Crippen LogP contribution in [-0.2, 0) is 5.41 Å². The number of carbonyl (C=O) groups is 1. The number of para-hydroxylation sites is 1. The van der Waals surface area contributed by atoms with E-state index < -0.39 is 12.7 Å². The van der Waals surface area contributed by atoms with Crippen LogP contribution in [0.25, 0.3) is 0 Å². The predicted octanol–water partition coefficient (Wildman–Crippen LogP) is 6.22. The average Bonchev–Trinajstić information content (AvgIpc) is 2.69. The van der Waals surface area contributed by atoms with Gasteiger partial charge in [0.25, 0.3) is 0 Å². The van der Waals surface area contributed by atoms with E-state index in [0.717, 1.165) is 11.1 Å². The summed E-state index contributed by atoms with van der Waals surface area (Å²) in [6.45, 7) is 1.21. The lowest BCUT2D eigenvalue weighted by atomic mass is 9.78. The van der Waals surface area contributed by atoms with Crippen molar-refractivity contribution in [3.8, 4) is 11.5 Å². The SMILES string of the molecule is CC(C)(c1ccc(NC(=O)Oc2ccccc2)cc1)c1ccc(OC(F)F)cc1. The monoisotopic (exact) mass is 397 g/mol. The molecule has 0 fully saturated rings. The summed E-state index contributed by atoms with van der Waals surface area (Å²) in [5, 5.41) is 2.69. The Bertz CT molecular complexity index is 940. The minimum Gasteiger partial charge on any atom is -0.435 e. The third kappa shape index (κ3) is 5.31. The van der Waals surface area contributed by atoms with Gasteiger partial charge < -0.3 is 9.47 Å². The van der Waals surface area contributed by atoms with Gasteiger partial charge >= 0.3 is 12.7 Å². The van der Waals surface area contributed by atoms with E-state index in [2.05, 4.69) is 10.1 Å². The van der Waals surface area contributed by atoms with Crippen molar-refractivity contribution in [3.05, 3.63) is 90.0 Å². The molecule has 150 valence electrons. The zero-order chi connectivity index (χ0) is 20.9. The van der Waals surface area contributed by atoms with E-state index in [0.29, 0.717) is 11.4 Å². The van der Waals surface area contributed by atoms with Crippen LogP contribution in [0.15, 0.2) is 78.9 Å². The van der Waals surface area contributed by atoms with Gasteiger partial charge in [0.1, 0.15) is 11.5 Å². The Balaban J connectivity index is 1.67. The standard InChI is InChI=1S/C23H21F2NO3/c1-23(2,17-10-14-20(15-11-17)28-21(24)25)16-8-12-18(13-9-16)26-22(27)29-19-6-4-3-5-7-19/h3-15,21H,1-2H3,(H,26,27). The van der Waals surface area contributed by atoms with E-state index in [9.17, 15) is 13.6 Å². The molecule has 6 heteroatoms. The van der Waals surface area contributed by atoms with Crippen molar-refractivity contribution in [2.45, 2.75) is 25.9 Å². The van der Waals surface area contributed by atoms with Crippen molar-refractivity contribution >= 4 is 11.8 Å². The first-order valence-corrected chi connectivity index (χ1v) is 9.04. The summed E-state index contributed by atoms with van der Waals surface area (Å²) in [4.78, 5) is 12.0. The maximum Gasteiger partial charge on any atom is 0.417 e. The number of hydrogen-bond acceptors (Lipinski definition) is 3. The molecule has 0 heterocycles. The number of amides is 1. The molecule has 0 unspecified atom stereocenters. The van der Waals surface area contributed by atoms with Crippen LogP contribution in [0.1, 0.15) is 25.0 Å². The molecule has 0 saturated heterocycles. The minimum absolute atomic E-state index is 0.121. The fourth-order valence-corrected chi connectivity index (χ4v) is 2.93. The van der Waals surface area contributed by atoms with Crippen LogP contribution in [0.5, 0.6) is 11.5 Å². The molecule has 1 amide bonds. The number of halogens is 2. The Labute approximate surface area is 168 Å². The lowest BCUT2D eigenvalue weighted by molar-refractivity contribution is -0.0498. The fourth-order valence-electron chi connectivity index (χ4n) is 2.93. The van der Waals surface area contributed by atoms with Crippen molar-refractivity contribution in [2.24, 2.45) is 0 Å². The van der Waals surface area contributed by atoms with Gasteiger partial charge in [-0.3, -0.25) is 5.32 Å². The molecule has 3 aromatic carbocycles. The third-order valence-electron chi connectivity index (χ3n) is 4.61. The first-order chi connectivity index (χ1) is 13.8. The van der Waals surface area contributed by atoms with Gasteiger partial charge in [0.15, 0.2) is 0 Å². The first-order valence-electron chi connectivity index (χ1n) is 9.04. The zero-order valence-corrected chi connectivity index (χ0v) is 16.1. The summed E-state index contributed by atoms with van der Waals surface area (Å²) in [6, 6.07) is 22.8. The minimum atomic E-state index is -2.84. The third-order valence-corrected chi connectivity index (χ3v) is 4.61. The van der Waals surface area contributed by atoms with Gasteiger partial charge in [-0.05, 0) is 47.5 Å². The molecule has 0 radical (unpaired) electrons. The highest BCUT2D eigenvalue weighted by Crippen LogP contribution is 2.33. The molecule has 0 aliphatic carbocycles. The number of rotatable bonds is 6. The van der Waals surface area contributed by atoms with Gasteiger partial charge in [-0.15, -0.1) is 0 Å². The van der Waals surface area contributed by atoms with E-state index in [1.807, 2.05) is 32.0 Å². The second-order valence-electron chi connectivity index (χ2n) is 6.93. The van der Waals surface area contributed by atoms with Crippen LogP contribution in [0.3, 0.4) is 0 Å². The number of nitrogens with one attached hydrogen (secondary N) is 1. The summed E-state index contributed by atoms with van der Waals surface area (Å²) in [7, 11) is 0. The molecule has 4 nitrogen and oxygen atoms in total. The Morgan fingerprint density at radius 2 is 1.38 bits per heavy atom. The molecule has 0 saturated carbocycles. The van der Waals surface area contributed by atoms with Crippen LogP contribution in [0.4, 0.5) is 19.3 Å². The van der Waals surface area contributed by atoms with Crippen LogP contribution in [0.2, 0.25) is 0 Å². The number of hydrogen-bond donors (Lipinski definition) is 1. The van der Waals surface area contributed by atoms with Crippen LogP contribution in [-0.4, -0.2) is 12.7 Å². The molecule has 0 bridgehead atoms. The number of anilines is 1. The van der Waals surface area contributed by atoms with Crippen molar-refractivity contribution in [3.63, 3.8) is 0 Å². The van der Waals surface area contributed by atoms with E-state index in [1.165, 1.54) is 12.1 Å². The van der Waals surface area contributed by atoms with Crippen LogP contribution < -0.4 is 14.8 Å². The zero-order valence-electron chi connectivity index (χ0n) is 16.1. The topological polar surface area (TPSA) is 47.6 Å². The second-order valence-corrected chi connectivity index (χ2v) is 6.93. The lowest BCUT2D eigenvalue weighted by Gasteiger charge is -2.26. The van der Waals surface area contributed by atoms with Gasteiger partial charge in [0.05, 0.1) is 0 Å². The smallest absolute Gasteiger partial charge is 0.417 e. The Hall–Kier alpha value is -3.41. The highest BCUT2D eigenvalue weighted by atomic mass is 19.3. The number of carbonyl (C=O) groups excluding carboxylic acids is 1. The molecular formula is C23H21F2NO3. The fraction of sp³-hybridized carbons (Fsp3) is 0.174. The predicted molar refractivity (Wildman–Crippen MR) is 108 cm³/mol. The van der Waals surface area contributed by atoms with Gasteiger partial charge in [0.2, 0.25) is 0 Å². The molecule has 3 rings (SSSR count). The van der Waals surface area contributed by atoms with Crippen molar-refractivity contribution in [1.82, 2.24) is 0 Å². The van der Waals surface area contributed by atoms with E-state index in [-0.39, 0.29) is 11.2 Å². The molecule has 0 aliphatic heterocycles. The summed E-state index contributed by atoms with van der Waals surface area (Å²) >= 11 is 0. The van der Waals surface area contributed by atoms with Crippen molar-refractivity contribution in [2.75, 3.05) is 5.32 Å². The number of alkyl halides is 2. The highest BCUT2D eigenvalue weighted by Gasteiger charge is 2.23. The quantitative estimate of drug-likeness (QED) is 0.537. The van der Waals surface area contributed by atoms with Crippen LogP contribution in [0, 0.1) is 0 Å².